The molecule has 0 unspecified atom stereocenters. The maximum Gasteiger partial charge on any atom is 0.238 e. The SMILES string of the molecule is CCOc1ccc(NC(=O)CN2CCCCC2)cc1C(C)C. The van der Waals surface area contributed by atoms with Gasteiger partial charge >= 0.3 is 0 Å². The van der Waals surface area contributed by atoms with Crippen LogP contribution in [0.2, 0.25) is 0 Å². The average Bonchev–Trinajstić information content (AvgIpc) is 2.49. The van der Waals surface area contributed by atoms with Crippen molar-refractivity contribution in [2.75, 3.05) is 31.6 Å². The fourth-order valence-electron chi connectivity index (χ4n) is 2.89. The Morgan fingerprint density at radius 1 is 1.27 bits per heavy atom. The zero-order valence-corrected chi connectivity index (χ0v) is 14.0. The Morgan fingerprint density at radius 3 is 2.64 bits per heavy atom. The second kappa shape index (κ2) is 8.18. The lowest BCUT2D eigenvalue weighted by molar-refractivity contribution is -0.117. The molecule has 0 aromatic heterocycles. The number of nitrogens with zero attached hydrogens (tertiary/aromatic N) is 1. The van der Waals surface area contributed by atoms with Gasteiger partial charge in [-0.05, 0) is 62.5 Å². The highest BCUT2D eigenvalue weighted by molar-refractivity contribution is 5.92. The molecule has 0 radical (unpaired) electrons. The Labute approximate surface area is 133 Å². The number of hydrogen-bond acceptors (Lipinski definition) is 3. The molecule has 0 aliphatic carbocycles. The van der Waals surface area contributed by atoms with Crippen LogP contribution in [-0.2, 0) is 4.79 Å². The van der Waals surface area contributed by atoms with Crippen molar-refractivity contribution in [2.24, 2.45) is 0 Å². The summed E-state index contributed by atoms with van der Waals surface area (Å²) >= 11 is 0. The van der Waals surface area contributed by atoms with Crippen LogP contribution in [0.4, 0.5) is 5.69 Å². The minimum atomic E-state index is 0.0702. The average molecular weight is 304 g/mol. The number of hydrogen-bond donors (Lipinski definition) is 1. The van der Waals surface area contributed by atoms with Crippen molar-refractivity contribution < 1.29 is 9.53 Å². The van der Waals surface area contributed by atoms with Gasteiger partial charge in [-0.1, -0.05) is 20.3 Å². The highest BCUT2D eigenvalue weighted by Crippen LogP contribution is 2.29. The van der Waals surface area contributed by atoms with E-state index >= 15 is 0 Å². The number of anilines is 1. The van der Waals surface area contributed by atoms with E-state index in [1.165, 1.54) is 19.3 Å². The van der Waals surface area contributed by atoms with Gasteiger partial charge in [0.1, 0.15) is 5.75 Å². The number of likely N-dealkylation sites (tertiary alicyclic amines) is 1. The molecular weight excluding hydrogens is 276 g/mol. The van der Waals surface area contributed by atoms with Crippen molar-refractivity contribution in [1.29, 1.82) is 0 Å². The van der Waals surface area contributed by atoms with Crippen molar-refractivity contribution in [3.63, 3.8) is 0 Å². The van der Waals surface area contributed by atoms with Gasteiger partial charge in [0.05, 0.1) is 13.2 Å². The van der Waals surface area contributed by atoms with Crippen LogP contribution in [0, 0.1) is 0 Å². The first-order chi connectivity index (χ1) is 10.6. The Bertz CT molecular complexity index is 494. The van der Waals surface area contributed by atoms with E-state index in [1.807, 2.05) is 25.1 Å². The Morgan fingerprint density at radius 2 is 2.00 bits per heavy atom. The highest BCUT2D eigenvalue weighted by atomic mass is 16.5. The monoisotopic (exact) mass is 304 g/mol. The lowest BCUT2D eigenvalue weighted by Gasteiger charge is -2.25. The number of rotatable bonds is 6. The van der Waals surface area contributed by atoms with Crippen molar-refractivity contribution in [1.82, 2.24) is 4.90 Å². The molecule has 22 heavy (non-hydrogen) atoms. The first-order valence-corrected chi connectivity index (χ1v) is 8.39. The summed E-state index contributed by atoms with van der Waals surface area (Å²) in [5.74, 6) is 1.34. The summed E-state index contributed by atoms with van der Waals surface area (Å²) in [5, 5.41) is 3.02. The predicted molar refractivity (Wildman–Crippen MR) is 90.6 cm³/mol. The molecule has 2 rings (SSSR count). The largest absolute Gasteiger partial charge is 0.494 e. The number of carbonyl (C=O) groups is 1. The highest BCUT2D eigenvalue weighted by Gasteiger charge is 2.15. The fourth-order valence-corrected chi connectivity index (χ4v) is 2.89. The first-order valence-electron chi connectivity index (χ1n) is 8.39. The molecular formula is C18H28N2O2. The van der Waals surface area contributed by atoms with Gasteiger partial charge in [0.25, 0.3) is 0 Å². The molecule has 1 aliphatic rings. The third kappa shape index (κ3) is 4.73. The summed E-state index contributed by atoms with van der Waals surface area (Å²) in [6, 6.07) is 5.91. The third-order valence-corrected chi connectivity index (χ3v) is 4.03. The first kappa shape index (κ1) is 16.8. The van der Waals surface area contributed by atoms with Crippen LogP contribution in [0.25, 0.3) is 0 Å². The predicted octanol–water partition coefficient (Wildman–Crippen LogP) is 3.63. The van der Waals surface area contributed by atoms with Crippen molar-refractivity contribution in [3.05, 3.63) is 23.8 Å². The molecule has 0 saturated carbocycles. The van der Waals surface area contributed by atoms with Gasteiger partial charge in [-0.15, -0.1) is 0 Å². The van der Waals surface area contributed by atoms with Gasteiger partial charge in [-0.25, -0.2) is 0 Å². The quantitative estimate of drug-likeness (QED) is 0.872. The Kier molecular flexibility index (Phi) is 6.25. The summed E-state index contributed by atoms with van der Waals surface area (Å²) in [5.41, 5.74) is 1.99. The van der Waals surface area contributed by atoms with E-state index in [9.17, 15) is 4.79 Å². The van der Waals surface area contributed by atoms with Crippen molar-refractivity contribution >= 4 is 11.6 Å². The molecule has 1 N–H and O–H groups in total. The lowest BCUT2D eigenvalue weighted by Crippen LogP contribution is -2.36. The van der Waals surface area contributed by atoms with E-state index in [-0.39, 0.29) is 5.91 Å². The molecule has 4 nitrogen and oxygen atoms in total. The van der Waals surface area contributed by atoms with Crippen LogP contribution in [0.15, 0.2) is 18.2 Å². The molecule has 1 aromatic carbocycles. The molecule has 0 atom stereocenters. The van der Waals surface area contributed by atoms with Crippen molar-refractivity contribution in [3.8, 4) is 5.75 Å². The summed E-state index contributed by atoms with van der Waals surface area (Å²) in [4.78, 5) is 14.4. The number of piperidine rings is 1. The zero-order chi connectivity index (χ0) is 15.9. The van der Waals surface area contributed by atoms with Gasteiger partial charge in [-0.2, -0.15) is 0 Å². The Balaban J connectivity index is 1.99. The summed E-state index contributed by atoms with van der Waals surface area (Å²) in [7, 11) is 0. The topological polar surface area (TPSA) is 41.6 Å². The van der Waals surface area contributed by atoms with Gasteiger partial charge < -0.3 is 10.1 Å². The molecule has 1 heterocycles. The van der Waals surface area contributed by atoms with Gasteiger partial charge in [-0.3, -0.25) is 9.69 Å². The molecule has 1 aromatic rings. The molecule has 0 bridgehead atoms. The molecule has 1 aliphatic heterocycles. The summed E-state index contributed by atoms with van der Waals surface area (Å²) in [6.45, 7) is 9.47. The molecule has 1 fully saturated rings. The van der Waals surface area contributed by atoms with Crippen molar-refractivity contribution in [2.45, 2.75) is 46.0 Å². The van der Waals surface area contributed by atoms with Crippen LogP contribution in [0.5, 0.6) is 5.75 Å². The van der Waals surface area contributed by atoms with Gasteiger partial charge in [0.15, 0.2) is 0 Å². The molecule has 1 saturated heterocycles. The minimum absolute atomic E-state index is 0.0702. The minimum Gasteiger partial charge on any atom is -0.494 e. The fraction of sp³-hybridized carbons (Fsp3) is 0.611. The van der Waals surface area contributed by atoms with Gasteiger partial charge in [0.2, 0.25) is 5.91 Å². The molecule has 0 spiro atoms. The Hall–Kier alpha value is -1.55. The molecule has 1 amide bonds. The van der Waals surface area contributed by atoms with Crippen LogP contribution < -0.4 is 10.1 Å². The van der Waals surface area contributed by atoms with Crippen LogP contribution in [0.3, 0.4) is 0 Å². The van der Waals surface area contributed by atoms with Crippen LogP contribution in [0.1, 0.15) is 51.5 Å². The molecule has 4 heteroatoms. The third-order valence-electron chi connectivity index (χ3n) is 4.03. The smallest absolute Gasteiger partial charge is 0.238 e. The lowest BCUT2D eigenvalue weighted by atomic mass is 10.0. The van der Waals surface area contributed by atoms with E-state index in [4.69, 9.17) is 4.74 Å². The normalized spacial score (nSPS) is 15.8. The van der Waals surface area contributed by atoms with E-state index in [0.717, 1.165) is 30.1 Å². The van der Waals surface area contributed by atoms with E-state index in [2.05, 4.69) is 24.1 Å². The summed E-state index contributed by atoms with van der Waals surface area (Å²) < 4.78 is 5.66. The maximum absolute atomic E-state index is 12.2. The number of carbonyl (C=O) groups excluding carboxylic acids is 1. The maximum atomic E-state index is 12.2. The summed E-state index contributed by atoms with van der Waals surface area (Å²) in [6.07, 6.45) is 3.69. The zero-order valence-electron chi connectivity index (χ0n) is 14.0. The van der Waals surface area contributed by atoms with Crippen LogP contribution >= 0.6 is 0 Å². The van der Waals surface area contributed by atoms with E-state index < -0.39 is 0 Å². The van der Waals surface area contributed by atoms with Gasteiger partial charge in [0, 0.05) is 5.69 Å². The number of ether oxygens (including phenoxy) is 1. The standard InChI is InChI=1S/C18H28N2O2/c1-4-22-17-9-8-15(12-16(17)14(2)3)19-18(21)13-20-10-6-5-7-11-20/h8-9,12,14H,4-7,10-11,13H2,1-3H3,(H,19,21). The second-order valence-corrected chi connectivity index (χ2v) is 6.23. The number of benzene rings is 1. The number of nitrogens with one attached hydrogen (secondary N) is 1. The second-order valence-electron chi connectivity index (χ2n) is 6.23. The van der Waals surface area contributed by atoms with E-state index in [1.54, 1.807) is 0 Å². The number of amides is 1. The van der Waals surface area contributed by atoms with Crippen LogP contribution in [-0.4, -0.2) is 37.0 Å². The molecule has 122 valence electrons. The van der Waals surface area contributed by atoms with E-state index in [0.29, 0.717) is 19.1 Å².